The van der Waals surface area contributed by atoms with Gasteiger partial charge in [0.25, 0.3) is 0 Å². The van der Waals surface area contributed by atoms with Crippen molar-refractivity contribution in [3.63, 3.8) is 0 Å². The van der Waals surface area contributed by atoms with Gasteiger partial charge in [0, 0.05) is 25.0 Å². The highest BCUT2D eigenvalue weighted by atomic mass is 16.5. The molecule has 25 heavy (non-hydrogen) atoms. The minimum Gasteiger partial charge on any atom is -0.490 e. The molecule has 1 aliphatic rings. The summed E-state index contributed by atoms with van der Waals surface area (Å²) in [5.41, 5.74) is 1.99. The molecular formula is C21H24N2O2. The Morgan fingerprint density at radius 1 is 1.16 bits per heavy atom. The van der Waals surface area contributed by atoms with Gasteiger partial charge in [0.2, 0.25) is 5.91 Å². The van der Waals surface area contributed by atoms with E-state index in [1.165, 1.54) is 25.3 Å². The molecule has 1 aromatic carbocycles. The average molecular weight is 336 g/mol. The van der Waals surface area contributed by atoms with E-state index in [0.29, 0.717) is 12.6 Å². The Labute approximate surface area is 148 Å². The number of benzene rings is 1. The lowest BCUT2D eigenvalue weighted by molar-refractivity contribution is -0.116. The maximum atomic E-state index is 11.9. The van der Waals surface area contributed by atoms with E-state index in [2.05, 4.69) is 10.3 Å². The molecule has 0 saturated heterocycles. The molecule has 0 unspecified atom stereocenters. The predicted octanol–water partition coefficient (Wildman–Crippen LogP) is 4.12. The fourth-order valence-corrected chi connectivity index (χ4v) is 3.00. The monoisotopic (exact) mass is 336 g/mol. The van der Waals surface area contributed by atoms with Gasteiger partial charge in [-0.25, -0.2) is 0 Å². The number of carbonyl (C=O) groups is 1. The van der Waals surface area contributed by atoms with Crippen molar-refractivity contribution in [1.82, 2.24) is 10.3 Å². The van der Waals surface area contributed by atoms with Gasteiger partial charge in [-0.3, -0.25) is 9.78 Å². The second-order valence-corrected chi connectivity index (χ2v) is 6.36. The molecule has 0 aliphatic heterocycles. The number of carbonyl (C=O) groups excluding carboxylic acids is 1. The zero-order valence-electron chi connectivity index (χ0n) is 14.4. The topological polar surface area (TPSA) is 51.2 Å². The highest BCUT2D eigenvalue weighted by Gasteiger charge is 2.14. The molecule has 0 bridgehead atoms. The number of aromatic nitrogens is 1. The lowest BCUT2D eigenvalue weighted by Gasteiger charge is -2.23. The van der Waals surface area contributed by atoms with Crippen molar-refractivity contribution in [1.29, 1.82) is 0 Å². The van der Waals surface area contributed by atoms with Crippen molar-refractivity contribution in [3.05, 3.63) is 66.0 Å². The van der Waals surface area contributed by atoms with Gasteiger partial charge >= 0.3 is 0 Å². The molecule has 1 N–H and O–H groups in total. The van der Waals surface area contributed by atoms with Crippen LogP contribution in [0, 0.1) is 0 Å². The van der Waals surface area contributed by atoms with E-state index in [1.54, 1.807) is 18.5 Å². The SMILES string of the molecule is O=C(/C=C/c1ccncc1)NCc1cccc(OC2CCCCC2)c1. The van der Waals surface area contributed by atoms with E-state index in [4.69, 9.17) is 4.74 Å². The summed E-state index contributed by atoms with van der Waals surface area (Å²) in [5.74, 6) is 0.779. The minimum absolute atomic E-state index is 0.115. The summed E-state index contributed by atoms with van der Waals surface area (Å²) in [6, 6.07) is 11.7. The Balaban J connectivity index is 1.50. The summed E-state index contributed by atoms with van der Waals surface area (Å²) >= 11 is 0. The summed E-state index contributed by atoms with van der Waals surface area (Å²) < 4.78 is 6.08. The van der Waals surface area contributed by atoms with Crippen LogP contribution in [0.15, 0.2) is 54.9 Å². The number of rotatable bonds is 6. The van der Waals surface area contributed by atoms with Crippen LogP contribution >= 0.6 is 0 Å². The van der Waals surface area contributed by atoms with Gasteiger partial charge in [-0.15, -0.1) is 0 Å². The molecule has 0 spiro atoms. The van der Waals surface area contributed by atoms with Crippen molar-refractivity contribution in [2.75, 3.05) is 0 Å². The Morgan fingerprint density at radius 3 is 2.76 bits per heavy atom. The number of ether oxygens (including phenoxy) is 1. The molecule has 2 aromatic rings. The van der Waals surface area contributed by atoms with Crippen LogP contribution in [-0.2, 0) is 11.3 Å². The van der Waals surface area contributed by atoms with E-state index >= 15 is 0 Å². The molecule has 3 rings (SSSR count). The highest BCUT2D eigenvalue weighted by molar-refractivity contribution is 5.91. The second kappa shape index (κ2) is 9.02. The van der Waals surface area contributed by atoms with Crippen molar-refractivity contribution >= 4 is 12.0 Å². The fraction of sp³-hybridized carbons (Fsp3) is 0.333. The Bertz CT molecular complexity index is 707. The summed E-state index contributed by atoms with van der Waals surface area (Å²) in [4.78, 5) is 15.9. The lowest BCUT2D eigenvalue weighted by Crippen LogP contribution is -2.21. The maximum Gasteiger partial charge on any atom is 0.244 e. The molecule has 1 amide bonds. The van der Waals surface area contributed by atoms with Crippen LogP contribution in [0.3, 0.4) is 0 Å². The Hall–Kier alpha value is -2.62. The first-order valence-electron chi connectivity index (χ1n) is 8.91. The number of nitrogens with zero attached hydrogens (tertiary/aromatic N) is 1. The number of amides is 1. The molecule has 4 nitrogen and oxygen atoms in total. The summed E-state index contributed by atoms with van der Waals surface area (Å²) in [7, 11) is 0. The minimum atomic E-state index is -0.115. The first-order chi connectivity index (χ1) is 12.3. The zero-order chi connectivity index (χ0) is 17.3. The largest absolute Gasteiger partial charge is 0.490 e. The number of pyridine rings is 1. The summed E-state index contributed by atoms with van der Waals surface area (Å²) in [6.45, 7) is 0.487. The highest BCUT2D eigenvalue weighted by Crippen LogP contribution is 2.23. The van der Waals surface area contributed by atoms with Gasteiger partial charge in [0.1, 0.15) is 5.75 Å². The molecule has 0 radical (unpaired) electrons. The third kappa shape index (κ3) is 5.75. The second-order valence-electron chi connectivity index (χ2n) is 6.36. The average Bonchev–Trinajstić information content (AvgIpc) is 2.67. The molecule has 0 atom stereocenters. The van der Waals surface area contributed by atoms with E-state index in [1.807, 2.05) is 36.4 Å². The molecular weight excluding hydrogens is 312 g/mol. The van der Waals surface area contributed by atoms with E-state index in [9.17, 15) is 4.79 Å². The normalized spacial score (nSPS) is 15.2. The van der Waals surface area contributed by atoms with Crippen LogP contribution in [0.4, 0.5) is 0 Å². The third-order valence-electron chi connectivity index (χ3n) is 4.35. The Morgan fingerprint density at radius 2 is 1.96 bits per heavy atom. The molecule has 1 aliphatic carbocycles. The lowest BCUT2D eigenvalue weighted by atomic mass is 9.98. The maximum absolute atomic E-state index is 11.9. The first-order valence-corrected chi connectivity index (χ1v) is 8.91. The summed E-state index contributed by atoms with van der Waals surface area (Å²) in [5, 5.41) is 2.90. The van der Waals surface area contributed by atoms with Crippen molar-refractivity contribution in [2.24, 2.45) is 0 Å². The van der Waals surface area contributed by atoms with Gasteiger partial charge in [-0.1, -0.05) is 18.6 Å². The van der Waals surface area contributed by atoms with Gasteiger partial charge in [0.05, 0.1) is 6.10 Å². The standard InChI is InChI=1S/C21H24N2O2/c24-21(10-9-17-11-13-22-14-12-17)23-16-18-5-4-8-20(15-18)25-19-6-2-1-3-7-19/h4-5,8-15,19H,1-3,6-7,16H2,(H,23,24)/b10-9+. The summed E-state index contributed by atoms with van der Waals surface area (Å²) in [6.07, 6.45) is 13.2. The van der Waals surface area contributed by atoms with E-state index in [-0.39, 0.29) is 5.91 Å². The molecule has 1 fully saturated rings. The molecule has 4 heteroatoms. The molecule has 1 heterocycles. The van der Waals surface area contributed by atoms with Crippen molar-refractivity contribution < 1.29 is 9.53 Å². The van der Waals surface area contributed by atoms with Gasteiger partial charge < -0.3 is 10.1 Å². The van der Waals surface area contributed by atoms with Crippen LogP contribution in [0.5, 0.6) is 5.75 Å². The van der Waals surface area contributed by atoms with Crippen LogP contribution in [0.1, 0.15) is 43.2 Å². The predicted molar refractivity (Wildman–Crippen MR) is 99.1 cm³/mol. The quantitative estimate of drug-likeness (QED) is 0.807. The van der Waals surface area contributed by atoms with E-state index in [0.717, 1.165) is 29.7 Å². The molecule has 130 valence electrons. The van der Waals surface area contributed by atoms with Crippen LogP contribution in [-0.4, -0.2) is 17.0 Å². The fourth-order valence-electron chi connectivity index (χ4n) is 3.00. The number of hydrogen-bond donors (Lipinski definition) is 1. The van der Waals surface area contributed by atoms with Gasteiger partial charge in [-0.05, 0) is 67.2 Å². The van der Waals surface area contributed by atoms with Crippen LogP contribution < -0.4 is 10.1 Å². The Kier molecular flexibility index (Phi) is 6.21. The zero-order valence-corrected chi connectivity index (χ0v) is 14.4. The van der Waals surface area contributed by atoms with Crippen molar-refractivity contribution in [3.8, 4) is 5.75 Å². The van der Waals surface area contributed by atoms with Crippen LogP contribution in [0.25, 0.3) is 6.08 Å². The van der Waals surface area contributed by atoms with Crippen molar-refractivity contribution in [2.45, 2.75) is 44.8 Å². The third-order valence-corrected chi connectivity index (χ3v) is 4.35. The van der Waals surface area contributed by atoms with Crippen LogP contribution in [0.2, 0.25) is 0 Å². The molecule has 1 saturated carbocycles. The number of nitrogens with one attached hydrogen (secondary N) is 1. The van der Waals surface area contributed by atoms with Gasteiger partial charge in [-0.2, -0.15) is 0 Å². The van der Waals surface area contributed by atoms with E-state index < -0.39 is 0 Å². The number of hydrogen-bond acceptors (Lipinski definition) is 3. The molecule has 1 aromatic heterocycles. The smallest absolute Gasteiger partial charge is 0.244 e. The first kappa shape index (κ1) is 17.2. The van der Waals surface area contributed by atoms with Gasteiger partial charge in [0.15, 0.2) is 0 Å².